The maximum Gasteiger partial charge on any atom is 0.159 e. The molecule has 1 aromatic rings. The number of benzene rings is 1. The molecule has 0 spiro atoms. The fraction of sp³-hybridized carbons (Fsp3) is 0.500. The van der Waals surface area contributed by atoms with E-state index >= 15 is 0 Å². The van der Waals surface area contributed by atoms with Crippen LogP contribution >= 0.6 is 0 Å². The summed E-state index contributed by atoms with van der Waals surface area (Å²) < 4.78 is 5.70. The molecule has 0 radical (unpaired) electrons. The van der Waals surface area contributed by atoms with Crippen molar-refractivity contribution in [3.63, 3.8) is 0 Å². The van der Waals surface area contributed by atoms with Crippen molar-refractivity contribution in [3.05, 3.63) is 23.8 Å². The van der Waals surface area contributed by atoms with Gasteiger partial charge in [0.1, 0.15) is 0 Å². The van der Waals surface area contributed by atoms with Gasteiger partial charge in [-0.15, -0.1) is 0 Å². The number of hydrogen-bond acceptors (Lipinski definition) is 4. The van der Waals surface area contributed by atoms with Crippen molar-refractivity contribution in [1.29, 1.82) is 0 Å². The molecule has 0 aromatic heterocycles. The Morgan fingerprint density at radius 2 is 1.94 bits per heavy atom. The molecule has 98 valence electrons. The van der Waals surface area contributed by atoms with Gasteiger partial charge >= 0.3 is 0 Å². The predicted octanol–water partition coefficient (Wildman–Crippen LogP) is 2.08. The molecule has 4 heteroatoms. The molecule has 1 aromatic carbocycles. The topological polar surface area (TPSA) is 55.6 Å². The number of ether oxygens (including phenoxy) is 1. The standard InChI is InChI=1S/C14H20N2O2/c1-9-7-16(8-10(2)18-9)14-5-4-12(11(3)17)6-13(14)15/h4-6,9-10H,7-8,15H2,1-3H3. The Labute approximate surface area is 108 Å². The number of rotatable bonds is 2. The van der Waals surface area contributed by atoms with Gasteiger partial charge in [0.25, 0.3) is 0 Å². The summed E-state index contributed by atoms with van der Waals surface area (Å²) in [5.74, 6) is 0.0389. The van der Waals surface area contributed by atoms with Gasteiger partial charge in [-0.05, 0) is 39.0 Å². The zero-order valence-electron chi connectivity index (χ0n) is 11.1. The average Bonchev–Trinajstić information content (AvgIpc) is 2.27. The molecule has 2 rings (SSSR count). The van der Waals surface area contributed by atoms with Crippen LogP contribution in [0.2, 0.25) is 0 Å². The Morgan fingerprint density at radius 1 is 1.33 bits per heavy atom. The zero-order chi connectivity index (χ0) is 13.3. The van der Waals surface area contributed by atoms with Gasteiger partial charge in [-0.25, -0.2) is 0 Å². The highest BCUT2D eigenvalue weighted by Gasteiger charge is 2.23. The molecule has 0 aliphatic carbocycles. The summed E-state index contributed by atoms with van der Waals surface area (Å²) in [7, 11) is 0. The van der Waals surface area contributed by atoms with Gasteiger partial charge in [0.2, 0.25) is 0 Å². The quantitative estimate of drug-likeness (QED) is 0.643. The number of nitrogen functional groups attached to an aromatic ring is 1. The Kier molecular flexibility index (Phi) is 3.57. The first kappa shape index (κ1) is 12.9. The van der Waals surface area contributed by atoms with E-state index in [1.54, 1.807) is 13.0 Å². The van der Waals surface area contributed by atoms with Crippen LogP contribution in [0.3, 0.4) is 0 Å². The lowest BCUT2D eigenvalue weighted by Gasteiger charge is -2.37. The van der Waals surface area contributed by atoms with Crippen molar-refractivity contribution in [2.75, 3.05) is 23.7 Å². The Morgan fingerprint density at radius 3 is 2.44 bits per heavy atom. The third kappa shape index (κ3) is 2.64. The molecule has 1 saturated heterocycles. The van der Waals surface area contributed by atoms with E-state index in [1.807, 2.05) is 12.1 Å². The number of ketones is 1. The number of Topliss-reactive ketones (excluding diaryl/α,β-unsaturated/α-hetero) is 1. The Balaban J connectivity index is 2.25. The summed E-state index contributed by atoms with van der Waals surface area (Å²) >= 11 is 0. The normalized spacial score (nSPS) is 24.1. The highest BCUT2D eigenvalue weighted by atomic mass is 16.5. The van der Waals surface area contributed by atoms with Crippen LogP contribution < -0.4 is 10.6 Å². The van der Waals surface area contributed by atoms with Gasteiger partial charge in [0.15, 0.2) is 5.78 Å². The van der Waals surface area contributed by atoms with Crippen molar-refractivity contribution in [2.24, 2.45) is 0 Å². The van der Waals surface area contributed by atoms with E-state index in [1.165, 1.54) is 0 Å². The second-order valence-corrected chi connectivity index (χ2v) is 4.99. The van der Waals surface area contributed by atoms with Crippen LogP contribution in [-0.2, 0) is 4.74 Å². The molecular formula is C14H20N2O2. The predicted molar refractivity (Wildman–Crippen MR) is 73.1 cm³/mol. The van der Waals surface area contributed by atoms with Crippen LogP contribution in [0.1, 0.15) is 31.1 Å². The lowest BCUT2D eigenvalue weighted by molar-refractivity contribution is -0.00517. The minimum absolute atomic E-state index is 0.0389. The second kappa shape index (κ2) is 4.98. The van der Waals surface area contributed by atoms with E-state index < -0.39 is 0 Å². The summed E-state index contributed by atoms with van der Waals surface area (Å²) in [5.41, 5.74) is 8.35. The summed E-state index contributed by atoms with van der Waals surface area (Å²) in [6.07, 6.45) is 0.390. The lowest BCUT2D eigenvalue weighted by atomic mass is 10.1. The number of carbonyl (C=O) groups excluding carboxylic acids is 1. The van der Waals surface area contributed by atoms with Crippen LogP contribution in [0, 0.1) is 0 Å². The smallest absolute Gasteiger partial charge is 0.159 e. The van der Waals surface area contributed by atoms with Crippen LogP contribution in [-0.4, -0.2) is 31.1 Å². The summed E-state index contributed by atoms with van der Waals surface area (Å²) in [5, 5.41) is 0. The second-order valence-electron chi connectivity index (χ2n) is 4.99. The Bertz CT molecular complexity index is 449. The number of hydrogen-bond donors (Lipinski definition) is 1. The van der Waals surface area contributed by atoms with Crippen molar-refractivity contribution >= 4 is 17.2 Å². The number of nitrogens with two attached hydrogens (primary N) is 1. The SMILES string of the molecule is CC(=O)c1ccc(N2CC(C)OC(C)C2)c(N)c1. The van der Waals surface area contributed by atoms with Gasteiger partial charge in [0, 0.05) is 18.7 Å². The first-order chi connectivity index (χ1) is 8.47. The molecule has 0 amide bonds. The van der Waals surface area contributed by atoms with E-state index in [4.69, 9.17) is 10.5 Å². The van der Waals surface area contributed by atoms with E-state index in [0.29, 0.717) is 11.3 Å². The molecule has 0 saturated carbocycles. The van der Waals surface area contributed by atoms with E-state index in [2.05, 4.69) is 18.7 Å². The number of nitrogens with zero attached hydrogens (tertiary/aromatic N) is 1. The summed E-state index contributed by atoms with van der Waals surface area (Å²) in [6.45, 7) is 7.32. The van der Waals surface area contributed by atoms with E-state index in [0.717, 1.165) is 18.8 Å². The zero-order valence-corrected chi connectivity index (χ0v) is 11.1. The maximum absolute atomic E-state index is 11.3. The molecule has 2 unspecified atom stereocenters. The molecule has 4 nitrogen and oxygen atoms in total. The van der Waals surface area contributed by atoms with E-state index in [-0.39, 0.29) is 18.0 Å². The highest BCUT2D eigenvalue weighted by Crippen LogP contribution is 2.27. The fourth-order valence-corrected chi connectivity index (χ4v) is 2.44. The van der Waals surface area contributed by atoms with Crippen LogP contribution in [0.5, 0.6) is 0 Å². The van der Waals surface area contributed by atoms with Gasteiger partial charge < -0.3 is 15.4 Å². The molecule has 2 N–H and O–H groups in total. The monoisotopic (exact) mass is 248 g/mol. The first-order valence-electron chi connectivity index (χ1n) is 6.28. The Hall–Kier alpha value is -1.55. The third-order valence-electron chi connectivity index (χ3n) is 3.19. The maximum atomic E-state index is 11.3. The molecule has 1 heterocycles. The largest absolute Gasteiger partial charge is 0.397 e. The molecular weight excluding hydrogens is 228 g/mol. The number of morpholine rings is 1. The van der Waals surface area contributed by atoms with Gasteiger partial charge in [-0.2, -0.15) is 0 Å². The molecule has 0 bridgehead atoms. The van der Waals surface area contributed by atoms with Gasteiger partial charge in [0.05, 0.1) is 23.6 Å². The molecule has 18 heavy (non-hydrogen) atoms. The number of carbonyl (C=O) groups is 1. The minimum Gasteiger partial charge on any atom is -0.397 e. The lowest BCUT2D eigenvalue weighted by Crippen LogP contribution is -2.45. The van der Waals surface area contributed by atoms with Crippen LogP contribution in [0.15, 0.2) is 18.2 Å². The highest BCUT2D eigenvalue weighted by molar-refractivity contribution is 5.96. The third-order valence-corrected chi connectivity index (χ3v) is 3.19. The summed E-state index contributed by atoms with van der Waals surface area (Å²) in [6, 6.07) is 5.51. The van der Waals surface area contributed by atoms with Crippen molar-refractivity contribution in [1.82, 2.24) is 0 Å². The molecule has 2 atom stereocenters. The van der Waals surface area contributed by atoms with E-state index in [9.17, 15) is 4.79 Å². The van der Waals surface area contributed by atoms with Crippen LogP contribution in [0.4, 0.5) is 11.4 Å². The number of anilines is 2. The van der Waals surface area contributed by atoms with Crippen molar-refractivity contribution in [2.45, 2.75) is 33.0 Å². The minimum atomic E-state index is 0.0389. The van der Waals surface area contributed by atoms with Gasteiger partial charge in [-0.1, -0.05) is 0 Å². The van der Waals surface area contributed by atoms with Gasteiger partial charge in [-0.3, -0.25) is 4.79 Å². The van der Waals surface area contributed by atoms with Crippen molar-refractivity contribution in [3.8, 4) is 0 Å². The molecule has 1 aliphatic heterocycles. The summed E-state index contributed by atoms with van der Waals surface area (Å²) in [4.78, 5) is 13.5. The molecule has 1 fully saturated rings. The van der Waals surface area contributed by atoms with Crippen molar-refractivity contribution < 1.29 is 9.53 Å². The fourth-order valence-electron chi connectivity index (χ4n) is 2.44. The average molecular weight is 248 g/mol. The first-order valence-corrected chi connectivity index (χ1v) is 6.28. The van der Waals surface area contributed by atoms with Crippen LogP contribution in [0.25, 0.3) is 0 Å². The molecule has 1 aliphatic rings.